The highest BCUT2D eigenvalue weighted by atomic mass is 16.3. The fourth-order valence-corrected chi connectivity index (χ4v) is 4.76. The summed E-state index contributed by atoms with van der Waals surface area (Å²) in [4.78, 5) is 26.3. The molecule has 1 N–H and O–H groups in total. The number of hydrogen-bond acceptors (Lipinski definition) is 4. The lowest BCUT2D eigenvalue weighted by atomic mass is 9.81. The zero-order chi connectivity index (χ0) is 20.1. The minimum absolute atomic E-state index is 0.0320. The molecule has 0 spiro atoms. The van der Waals surface area contributed by atoms with E-state index in [9.17, 15) is 14.7 Å². The number of aromatic hydroxyl groups is 1. The smallest absolute Gasteiger partial charge is 0.275 e. The SMILES string of the molecule is CN1C[C@H](C2c3ccccc3CCc3ccccc32)n2ncc(=O)c(O)c2C1=O. The van der Waals surface area contributed by atoms with Crippen LogP contribution in [0.2, 0.25) is 0 Å². The van der Waals surface area contributed by atoms with Crippen LogP contribution in [0.4, 0.5) is 0 Å². The molecule has 0 fully saturated rings. The number of fused-ring (bicyclic) bond motifs is 3. The lowest BCUT2D eigenvalue weighted by molar-refractivity contribution is 0.0686. The van der Waals surface area contributed by atoms with Gasteiger partial charge in [-0.3, -0.25) is 14.3 Å². The molecule has 2 aliphatic rings. The van der Waals surface area contributed by atoms with Gasteiger partial charge in [-0.15, -0.1) is 0 Å². The van der Waals surface area contributed by atoms with E-state index in [4.69, 9.17) is 0 Å². The number of likely N-dealkylation sites (N-methyl/N-ethyl adjacent to an activating group) is 1. The van der Waals surface area contributed by atoms with Crippen molar-refractivity contribution in [3.8, 4) is 5.75 Å². The summed E-state index contributed by atoms with van der Waals surface area (Å²) in [5.74, 6) is -0.968. The van der Waals surface area contributed by atoms with Crippen LogP contribution in [-0.4, -0.2) is 39.3 Å². The number of hydrogen-bond donors (Lipinski definition) is 1. The second kappa shape index (κ2) is 6.58. The zero-order valence-electron chi connectivity index (χ0n) is 16.1. The second-order valence-electron chi connectivity index (χ2n) is 7.78. The highest BCUT2D eigenvalue weighted by Crippen LogP contribution is 2.43. The molecule has 1 atom stereocenters. The first kappa shape index (κ1) is 17.7. The maximum Gasteiger partial charge on any atom is 0.275 e. The highest BCUT2D eigenvalue weighted by molar-refractivity contribution is 5.95. The fraction of sp³-hybridized carbons (Fsp3) is 0.261. The molecular formula is C23H21N3O3. The molecular weight excluding hydrogens is 366 g/mol. The van der Waals surface area contributed by atoms with Crippen molar-refractivity contribution < 1.29 is 9.90 Å². The molecule has 2 aromatic carbocycles. The van der Waals surface area contributed by atoms with Crippen molar-refractivity contribution in [1.29, 1.82) is 0 Å². The average molecular weight is 387 g/mol. The lowest BCUT2D eigenvalue weighted by Crippen LogP contribution is -2.45. The molecule has 146 valence electrons. The van der Waals surface area contributed by atoms with E-state index in [1.807, 2.05) is 12.1 Å². The van der Waals surface area contributed by atoms with Gasteiger partial charge in [-0.25, -0.2) is 0 Å². The quantitative estimate of drug-likeness (QED) is 0.696. The summed E-state index contributed by atoms with van der Waals surface area (Å²) in [5, 5.41) is 14.7. The summed E-state index contributed by atoms with van der Waals surface area (Å²) in [6.07, 6.45) is 2.99. The molecule has 29 heavy (non-hydrogen) atoms. The van der Waals surface area contributed by atoms with Crippen LogP contribution in [-0.2, 0) is 12.8 Å². The second-order valence-corrected chi connectivity index (χ2v) is 7.78. The highest BCUT2D eigenvalue weighted by Gasteiger charge is 2.40. The van der Waals surface area contributed by atoms with Crippen molar-refractivity contribution in [3.05, 3.63) is 92.9 Å². The molecule has 6 nitrogen and oxygen atoms in total. The lowest BCUT2D eigenvalue weighted by Gasteiger charge is -2.38. The van der Waals surface area contributed by atoms with Crippen molar-refractivity contribution >= 4 is 5.91 Å². The van der Waals surface area contributed by atoms with Gasteiger partial charge in [0.1, 0.15) is 0 Å². The maximum absolute atomic E-state index is 12.7. The maximum atomic E-state index is 12.7. The van der Waals surface area contributed by atoms with Crippen LogP contribution in [0, 0.1) is 0 Å². The van der Waals surface area contributed by atoms with Gasteiger partial charge in [-0.1, -0.05) is 48.5 Å². The van der Waals surface area contributed by atoms with Crippen LogP contribution < -0.4 is 5.43 Å². The van der Waals surface area contributed by atoms with E-state index in [0.29, 0.717) is 6.54 Å². The van der Waals surface area contributed by atoms with Gasteiger partial charge in [-0.05, 0) is 35.1 Å². The minimum Gasteiger partial charge on any atom is -0.502 e. The number of carbonyl (C=O) groups excluding carboxylic acids is 1. The van der Waals surface area contributed by atoms with Crippen LogP contribution in [0.1, 0.15) is 44.7 Å². The van der Waals surface area contributed by atoms with Gasteiger partial charge in [0, 0.05) is 19.5 Å². The Balaban J connectivity index is 1.79. The average Bonchev–Trinajstić information content (AvgIpc) is 2.90. The fourth-order valence-electron chi connectivity index (χ4n) is 4.76. The molecule has 0 bridgehead atoms. The Bertz CT molecular complexity index is 1140. The van der Waals surface area contributed by atoms with Gasteiger partial charge in [0.05, 0.1) is 12.2 Å². The molecule has 1 aliphatic carbocycles. The van der Waals surface area contributed by atoms with Crippen LogP contribution >= 0.6 is 0 Å². The monoisotopic (exact) mass is 387 g/mol. The van der Waals surface area contributed by atoms with E-state index >= 15 is 0 Å². The Morgan fingerprint density at radius 3 is 2.17 bits per heavy atom. The topological polar surface area (TPSA) is 75.4 Å². The summed E-state index contributed by atoms with van der Waals surface area (Å²) >= 11 is 0. The minimum atomic E-state index is -0.639. The number of carbonyl (C=O) groups is 1. The van der Waals surface area contributed by atoms with E-state index in [1.165, 1.54) is 22.3 Å². The van der Waals surface area contributed by atoms with Gasteiger partial charge >= 0.3 is 0 Å². The van der Waals surface area contributed by atoms with Gasteiger partial charge < -0.3 is 10.0 Å². The molecule has 0 unspecified atom stereocenters. The summed E-state index contributed by atoms with van der Waals surface area (Å²) in [6.45, 7) is 0.439. The number of amides is 1. The number of aromatic nitrogens is 2. The van der Waals surface area contributed by atoms with Crippen LogP contribution in [0.15, 0.2) is 59.5 Å². The molecule has 2 heterocycles. The van der Waals surface area contributed by atoms with Crippen molar-refractivity contribution in [2.75, 3.05) is 13.6 Å². The predicted octanol–water partition coefficient (Wildman–Crippen LogP) is 2.51. The van der Waals surface area contributed by atoms with Gasteiger partial charge in [0.25, 0.3) is 5.91 Å². The molecule has 5 rings (SSSR count). The zero-order valence-corrected chi connectivity index (χ0v) is 16.1. The number of aryl methyl sites for hydroxylation is 2. The molecule has 0 saturated carbocycles. The number of rotatable bonds is 1. The van der Waals surface area contributed by atoms with Crippen LogP contribution in [0.3, 0.4) is 0 Å². The molecule has 1 aliphatic heterocycles. The largest absolute Gasteiger partial charge is 0.502 e. The Kier molecular flexibility index (Phi) is 4.01. The standard InChI is InChI=1S/C23H21N3O3/c1-25-13-18(26-21(23(25)29)22(28)19(27)12-24-26)20-16-8-4-2-6-14(16)10-11-15-7-3-5-9-17(15)20/h2-9,12,18,20,28H,10-11,13H2,1H3/t18-/m1/s1. The van der Waals surface area contributed by atoms with E-state index in [0.717, 1.165) is 19.0 Å². The summed E-state index contributed by atoms with van der Waals surface area (Å²) in [7, 11) is 1.70. The van der Waals surface area contributed by atoms with Gasteiger partial charge in [0.2, 0.25) is 5.43 Å². The number of benzene rings is 2. The third-order valence-corrected chi connectivity index (χ3v) is 6.14. The van der Waals surface area contributed by atoms with Gasteiger partial charge in [-0.2, -0.15) is 5.10 Å². The predicted molar refractivity (Wildman–Crippen MR) is 108 cm³/mol. The molecule has 1 aromatic heterocycles. The van der Waals surface area contributed by atoms with E-state index in [-0.39, 0.29) is 23.6 Å². The normalized spacial score (nSPS) is 18.6. The van der Waals surface area contributed by atoms with Crippen molar-refractivity contribution in [1.82, 2.24) is 14.7 Å². The molecule has 1 amide bonds. The Morgan fingerprint density at radius 1 is 0.966 bits per heavy atom. The molecule has 3 aromatic rings. The Labute approximate surface area is 168 Å². The first-order valence-electron chi connectivity index (χ1n) is 9.78. The third kappa shape index (κ3) is 2.67. The molecule has 0 radical (unpaired) electrons. The van der Waals surface area contributed by atoms with E-state index in [2.05, 4.69) is 41.5 Å². The van der Waals surface area contributed by atoms with Crippen molar-refractivity contribution in [2.45, 2.75) is 24.8 Å². The van der Waals surface area contributed by atoms with Crippen LogP contribution in [0.5, 0.6) is 5.75 Å². The first-order valence-corrected chi connectivity index (χ1v) is 9.78. The first-order chi connectivity index (χ1) is 14.1. The van der Waals surface area contributed by atoms with Crippen molar-refractivity contribution in [2.24, 2.45) is 0 Å². The number of nitrogens with zero attached hydrogens (tertiary/aromatic N) is 3. The Hall–Kier alpha value is -3.41. The Morgan fingerprint density at radius 2 is 1.55 bits per heavy atom. The van der Waals surface area contributed by atoms with E-state index in [1.54, 1.807) is 16.6 Å². The summed E-state index contributed by atoms with van der Waals surface area (Å²) in [6, 6.07) is 16.5. The summed E-state index contributed by atoms with van der Waals surface area (Å²) in [5.41, 5.74) is 4.29. The summed E-state index contributed by atoms with van der Waals surface area (Å²) < 4.78 is 1.56. The van der Waals surface area contributed by atoms with Gasteiger partial charge in [0.15, 0.2) is 11.4 Å². The third-order valence-electron chi connectivity index (χ3n) is 6.14. The van der Waals surface area contributed by atoms with Crippen molar-refractivity contribution in [3.63, 3.8) is 0 Å². The van der Waals surface area contributed by atoms with E-state index < -0.39 is 11.2 Å². The molecule has 0 saturated heterocycles. The molecule has 6 heteroatoms. The van der Waals surface area contributed by atoms with Crippen LogP contribution in [0.25, 0.3) is 0 Å².